The summed E-state index contributed by atoms with van der Waals surface area (Å²) in [5.41, 5.74) is 0.860. The number of nitrogens with zero attached hydrogens (tertiary/aromatic N) is 1. The lowest BCUT2D eigenvalue weighted by atomic mass is 9.98. The number of furan rings is 1. The predicted molar refractivity (Wildman–Crippen MR) is 220 cm³/mol. The highest BCUT2D eigenvalue weighted by Crippen LogP contribution is 2.45. The first-order valence-electron chi connectivity index (χ1n) is 24.0. The molecule has 0 aliphatic carbocycles. The highest BCUT2D eigenvalue weighted by Gasteiger charge is 2.20. The van der Waals surface area contributed by atoms with Crippen LogP contribution in [0.1, 0.15) is 20.6 Å². The van der Waals surface area contributed by atoms with Gasteiger partial charge in [-0.3, -0.25) is 0 Å². The van der Waals surface area contributed by atoms with Gasteiger partial charge in [0.1, 0.15) is 11.2 Å². The third-order valence-electron chi connectivity index (χ3n) is 9.04. The highest BCUT2D eigenvalue weighted by molar-refractivity contribution is 6.19. The van der Waals surface area contributed by atoms with Crippen molar-refractivity contribution in [2.75, 3.05) is 4.90 Å². The summed E-state index contributed by atoms with van der Waals surface area (Å²) in [6.07, 6.45) is 0. The van der Waals surface area contributed by atoms with E-state index in [9.17, 15) is 12.3 Å². The van der Waals surface area contributed by atoms with Gasteiger partial charge in [0.15, 0.2) is 0 Å². The number of anilines is 3. The quantitative estimate of drug-likeness (QED) is 0.174. The Morgan fingerprint density at radius 3 is 1.85 bits per heavy atom. The molecule has 0 unspecified atom stereocenters. The summed E-state index contributed by atoms with van der Waals surface area (Å²) in [5.74, 6) is 0. The predicted octanol–water partition coefficient (Wildman–Crippen LogP) is 14.4. The molecule has 0 amide bonds. The van der Waals surface area contributed by atoms with E-state index in [0.29, 0.717) is 27.5 Å². The molecule has 0 saturated heterocycles. The number of hydrogen-bond acceptors (Lipinski definition) is 2. The topological polar surface area (TPSA) is 16.4 Å². The molecule has 0 N–H and O–H groups in total. The molecular weight excluding hydrogens is 631 g/mol. The summed E-state index contributed by atoms with van der Waals surface area (Å²) in [4.78, 5) is 1.16. The summed E-state index contributed by atoms with van der Waals surface area (Å²) in [5, 5.41) is 1.75. The second-order valence-electron chi connectivity index (χ2n) is 12.1. The molecule has 0 spiro atoms. The molecule has 0 aliphatic heterocycles. The molecule has 0 bridgehead atoms. The van der Waals surface area contributed by atoms with Gasteiger partial charge in [0.05, 0.1) is 31.6 Å². The van der Waals surface area contributed by atoms with Crippen LogP contribution in [-0.2, 0) is 0 Å². The minimum absolute atomic E-state index is 0.0174. The fourth-order valence-electron chi connectivity index (χ4n) is 6.57. The summed E-state index contributed by atoms with van der Waals surface area (Å²) in [6, 6.07) is 22.6. The third-order valence-corrected chi connectivity index (χ3v) is 9.04. The van der Waals surface area contributed by atoms with Gasteiger partial charge in [-0.2, -0.15) is 0 Å². The van der Waals surface area contributed by atoms with Crippen LogP contribution in [0.3, 0.4) is 0 Å². The fraction of sp³-hybridized carbons (Fsp3) is 0. The number of hydrogen-bond donors (Lipinski definition) is 0. The smallest absolute Gasteiger partial charge is 0.143 e. The van der Waals surface area contributed by atoms with Crippen molar-refractivity contribution < 1.29 is 25.0 Å². The second kappa shape index (κ2) is 12.5. The Hall–Kier alpha value is -6.90. The third kappa shape index (κ3) is 5.21. The maximum atomic E-state index is 9.66. The van der Waals surface area contributed by atoms with Crippen molar-refractivity contribution in [3.8, 4) is 33.4 Å². The molecule has 10 rings (SSSR count). The van der Waals surface area contributed by atoms with E-state index in [2.05, 4.69) is 0 Å². The average molecular weight is 679 g/mol. The molecular formula is C50H33NO. The molecule has 0 fully saturated rings. The van der Waals surface area contributed by atoms with E-state index in [1.54, 1.807) is 36.4 Å². The summed E-state index contributed by atoms with van der Waals surface area (Å²) >= 11 is 0. The molecule has 10 aromatic rings. The van der Waals surface area contributed by atoms with Gasteiger partial charge in [-0.05, 0) is 104 Å². The lowest BCUT2D eigenvalue weighted by Gasteiger charge is -2.26. The molecule has 2 nitrogen and oxygen atoms in total. The standard InChI is InChI=1S/C50H33NO/c1-2-10-34(11-3-1)40-15-8-16-41(32-40)36-22-27-43(28-23-36)51(44-29-24-37(25-30-44)42-21-20-35-12-4-5-14-39(35)33-42)47-18-9-19-48-49(47)46-31-26-38-13-6-7-17-45(38)50(46)52-48/h1-33H/i4D,5D,12D,14D,20D,21D,22D,23D,24D,25D,27D,28D,29D,30D,33D. The highest BCUT2D eigenvalue weighted by atomic mass is 16.3. The fourth-order valence-corrected chi connectivity index (χ4v) is 6.57. The van der Waals surface area contributed by atoms with E-state index in [1.165, 1.54) is 0 Å². The minimum Gasteiger partial charge on any atom is -0.455 e. The molecule has 1 heterocycles. The minimum atomic E-state index is -0.803. The lowest BCUT2D eigenvalue weighted by Crippen LogP contribution is -2.10. The second-order valence-corrected chi connectivity index (χ2v) is 12.1. The van der Waals surface area contributed by atoms with Crippen LogP contribution < -0.4 is 4.90 Å². The van der Waals surface area contributed by atoms with Crippen molar-refractivity contribution in [3.63, 3.8) is 0 Å². The van der Waals surface area contributed by atoms with Gasteiger partial charge in [0, 0.05) is 22.1 Å². The molecule has 0 atom stereocenters. The van der Waals surface area contributed by atoms with E-state index < -0.39 is 124 Å². The molecule has 9 aromatic carbocycles. The Kier molecular flexibility index (Phi) is 4.40. The van der Waals surface area contributed by atoms with Crippen LogP contribution in [0, 0.1) is 0 Å². The molecule has 2 heteroatoms. The van der Waals surface area contributed by atoms with Crippen molar-refractivity contribution >= 4 is 60.5 Å². The van der Waals surface area contributed by atoms with Gasteiger partial charge in [0.25, 0.3) is 0 Å². The van der Waals surface area contributed by atoms with Gasteiger partial charge >= 0.3 is 0 Å². The first kappa shape index (κ1) is 18.4. The van der Waals surface area contributed by atoms with Crippen LogP contribution in [0.25, 0.3) is 76.9 Å². The van der Waals surface area contributed by atoms with Crippen LogP contribution in [-0.4, -0.2) is 0 Å². The largest absolute Gasteiger partial charge is 0.455 e. The lowest BCUT2D eigenvalue weighted by molar-refractivity contribution is 0.672. The number of rotatable bonds is 6. The summed E-state index contributed by atoms with van der Waals surface area (Å²) in [7, 11) is 0. The normalized spacial score (nSPS) is 15.5. The molecule has 1 aromatic heterocycles. The van der Waals surface area contributed by atoms with E-state index in [-0.39, 0.29) is 11.3 Å². The molecule has 0 saturated carbocycles. The van der Waals surface area contributed by atoms with Crippen LogP contribution in [0.4, 0.5) is 17.1 Å². The Labute approximate surface area is 323 Å². The van der Waals surface area contributed by atoms with Crippen molar-refractivity contribution in [3.05, 3.63) is 200 Å². The van der Waals surface area contributed by atoms with Gasteiger partial charge in [-0.15, -0.1) is 0 Å². The van der Waals surface area contributed by atoms with E-state index in [4.69, 9.17) is 12.6 Å². The van der Waals surface area contributed by atoms with Crippen LogP contribution in [0.15, 0.2) is 204 Å². The molecule has 244 valence electrons. The zero-order valence-electron chi connectivity index (χ0n) is 42.2. The molecule has 0 aliphatic rings. The van der Waals surface area contributed by atoms with Gasteiger partial charge in [-0.25, -0.2) is 0 Å². The van der Waals surface area contributed by atoms with Gasteiger partial charge in [-0.1, -0.05) is 145 Å². The van der Waals surface area contributed by atoms with E-state index in [1.807, 2.05) is 72.8 Å². The van der Waals surface area contributed by atoms with Crippen LogP contribution >= 0.6 is 0 Å². The van der Waals surface area contributed by atoms with Gasteiger partial charge < -0.3 is 9.32 Å². The zero-order valence-corrected chi connectivity index (χ0v) is 27.2. The van der Waals surface area contributed by atoms with Crippen molar-refractivity contribution in [2.45, 2.75) is 0 Å². The van der Waals surface area contributed by atoms with Gasteiger partial charge in [0.2, 0.25) is 0 Å². The summed E-state index contributed by atoms with van der Waals surface area (Å²) < 4.78 is 143. The Morgan fingerprint density at radius 1 is 0.423 bits per heavy atom. The maximum absolute atomic E-state index is 9.66. The monoisotopic (exact) mass is 678 g/mol. The van der Waals surface area contributed by atoms with E-state index >= 15 is 0 Å². The summed E-state index contributed by atoms with van der Waals surface area (Å²) in [6.45, 7) is 0. The van der Waals surface area contributed by atoms with Crippen LogP contribution in [0.5, 0.6) is 0 Å². The van der Waals surface area contributed by atoms with Crippen molar-refractivity contribution in [1.82, 2.24) is 0 Å². The molecule has 52 heavy (non-hydrogen) atoms. The Bertz CT molecular complexity index is 3720. The first-order chi connectivity index (χ1) is 32.0. The number of fused-ring (bicyclic) bond motifs is 6. The van der Waals surface area contributed by atoms with Crippen molar-refractivity contribution in [1.29, 1.82) is 0 Å². The average Bonchev–Trinajstić information content (AvgIpc) is 3.73. The maximum Gasteiger partial charge on any atom is 0.143 e. The Morgan fingerprint density at radius 2 is 1.06 bits per heavy atom. The SMILES string of the molecule is [2H]c1c([2H])c(N(c2c([2H])c([2H])c(-c3c([2H])c([2H])c4c([2H])c([2H])c([2H])c([2H])c4c3[2H])c([2H])c2[2H])c2cccc3oc4c5ccccc5ccc4c23)c([2H])c([2H])c1-c1cccc(-c2ccccc2)c1. The van der Waals surface area contributed by atoms with Crippen molar-refractivity contribution in [2.24, 2.45) is 0 Å². The zero-order chi connectivity index (χ0) is 47.5. The van der Waals surface area contributed by atoms with Crippen LogP contribution in [0.2, 0.25) is 0 Å². The number of benzene rings is 9. The molecule has 0 radical (unpaired) electrons. The first-order valence-corrected chi connectivity index (χ1v) is 16.5. The Balaban J connectivity index is 1.29. The van der Waals surface area contributed by atoms with E-state index in [0.717, 1.165) is 26.8 Å².